The highest BCUT2D eigenvalue weighted by atomic mass is 32.2. The predicted octanol–water partition coefficient (Wildman–Crippen LogP) is 2.72. The van der Waals surface area contributed by atoms with Gasteiger partial charge in [-0.05, 0) is 24.3 Å². The van der Waals surface area contributed by atoms with Crippen molar-refractivity contribution >= 4 is 38.4 Å². The van der Waals surface area contributed by atoms with Gasteiger partial charge >= 0.3 is 0 Å². The summed E-state index contributed by atoms with van der Waals surface area (Å²) >= 11 is 0.910. The van der Waals surface area contributed by atoms with Crippen molar-refractivity contribution in [1.29, 1.82) is 0 Å². The molecule has 2 aromatic rings. The van der Waals surface area contributed by atoms with E-state index in [-0.39, 0.29) is 27.2 Å². The summed E-state index contributed by atoms with van der Waals surface area (Å²) in [5.74, 6) is 0.619. The Morgan fingerprint density at radius 2 is 1.81 bits per heavy atom. The second-order valence-corrected chi connectivity index (χ2v) is 8.53. The molecule has 0 spiro atoms. The summed E-state index contributed by atoms with van der Waals surface area (Å²) < 4.78 is 38.5. The highest BCUT2D eigenvalue weighted by molar-refractivity contribution is 8.14. The van der Waals surface area contributed by atoms with Crippen LogP contribution in [0.2, 0.25) is 0 Å². The number of ether oxygens (including phenoxy) is 2. The molecule has 0 radical (unpaired) electrons. The summed E-state index contributed by atoms with van der Waals surface area (Å²) in [6, 6.07) is 10.5. The first kappa shape index (κ1) is 19.2. The van der Waals surface area contributed by atoms with Crippen LogP contribution in [0.5, 0.6) is 11.5 Å². The van der Waals surface area contributed by atoms with E-state index in [1.165, 1.54) is 25.1 Å². The number of fused-ring (bicyclic) bond motifs is 1. The summed E-state index contributed by atoms with van der Waals surface area (Å²) in [4.78, 5) is 23.1. The zero-order valence-corrected chi connectivity index (χ0v) is 16.1. The molecule has 0 amide bonds. The first-order valence-electron chi connectivity index (χ1n) is 8.04. The van der Waals surface area contributed by atoms with Gasteiger partial charge in [-0.15, -0.1) is 0 Å². The Morgan fingerprint density at radius 1 is 1.07 bits per heavy atom. The van der Waals surface area contributed by atoms with Crippen LogP contribution in [-0.4, -0.2) is 38.3 Å². The van der Waals surface area contributed by atoms with Crippen molar-refractivity contribution in [1.82, 2.24) is 0 Å². The minimum Gasteiger partial charge on any atom is -0.486 e. The second kappa shape index (κ2) is 8.01. The topological polar surface area (TPSA) is 98.8 Å². The third kappa shape index (κ3) is 4.81. The number of hydrogen-bond acceptors (Lipinski definition) is 7. The number of rotatable bonds is 6. The number of anilines is 1. The van der Waals surface area contributed by atoms with Gasteiger partial charge in [-0.1, -0.05) is 23.9 Å². The molecule has 1 heterocycles. The van der Waals surface area contributed by atoms with Crippen molar-refractivity contribution in [3.8, 4) is 11.5 Å². The lowest BCUT2D eigenvalue weighted by Crippen LogP contribution is -2.17. The van der Waals surface area contributed by atoms with Crippen molar-refractivity contribution in [2.24, 2.45) is 0 Å². The van der Waals surface area contributed by atoms with E-state index in [1.807, 2.05) is 0 Å². The molecule has 0 aromatic heterocycles. The lowest BCUT2D eigenvalue weighted by Gasteiger charge is -2.19. The van der Waals surface area contributed by atoms with Crippen molar-refractivity contribution in [2.75, 3.05) is 23.7 Å². The molecule has 1 aliphatic rings. The fraction of sp³-hybridized carbons (Fsp3) is 0.222. The van der Waals surface area contributed by atoms with E-state index >= 15 is 0 Å². The summed E-state index contributed by atoms with van der Waals surface area (Å²) in [5, 5.41) is -0.154. The summed E-state index contributed by atoms with van der Waals surface area (Å²) in [7, 11) is -3.87. The highest BCUT2D eigenvalue weighted by Gasteiger charge is 2.20. The Kier molecular flexibility index (Phi) is 5.71. The average molecular weight is 407 g/mol. The van der Waals surface area contributed by atoms with Crippen LogP contribution < -0.4 is 14.2 Å². The molecule has 7 nitrogen and oxygen atoms in total. The van der Waals surface area contributed by atoms with Gasteiger partial charge in [-0.3, -0.25) is 14.3 Å². The minimum atomic E-state index is -3.87. The normalized spacial score (nSPS) is 13.1. The molecule has 0 saturated carbocycles. The molecule has 0 bridgehead atoms. The maximum absolute atomic E-state index is 12.6. The van der Waals surface area contributed by atoms with Crippen molar-refractivity contribution < 1.29 is 27.5 Å². The molecule has 1 N–H and O–H groups in total. The monoisotopic (exact) mass is 407 g/mol. The number of sulfonamides is 1. The number of benzene rings is 2. The molecule has 2 aromatic carbocycles. The van der Waals surface area contributed by atoms with Gasteiger partial charge in [-0.25, -0.2) is 8.42 Å². The van der Waals surface area contributed by atoms with Gasteiger partial charge in [0.2, 0.25) is 0 Å². The van der Waals surface area contributed by atoms with E-state index < -0.39 is 10.0 Å². The molecule has 142 valence electrons. The first-order chi connectivity index (χ1) is 12.8. The van der Waals surface area contributed by atoms with Crippen LogP contribution >= 0.6 is 11.8 Å². The molecule has 27 heavy (non-hydrogen) atoms. The molecule has 0 aliphatic carbocycles. The Labute approximate surface area is 161 Å². The summed E-state index contributed by atoms with van der Waals surface area (Å²) in [6.07, 6.45) is 0. The number of thioether (sulfide) groups is 1. The highest BCUT2D eigenvalue weighted by Crippen LogP contribution is 2.32. The van der Waals surface area contributed by atoms with Crippen molar-refractivity contribution in [2.45, 2.75) is 11.8 Å². The van der Waals surface area contributed by atoms with E-state index in [0.717, 1.165) is 11.8 Å². The maximum atomic E-state index is 12.6. The lowest BCUT2D eigenvalue weighted by atomic mass is 10.1. The largest absolute Gasteiger partial charge is 0.486 e. The fourth-order valence-electron chi connectivity index (χ4n) is 2.41. The van der Waals surface area contributed by atoms with E-state index in [4.69, 9.17) is 9.47 Å². The van der Waals surface area contributed by atoms with Gasteiger partial charge in [-0.2, -0.15) is 0 Å². The van der Waals surface area contributed by atoms with E-state index in [0.29, 0.717) is 30.3 Å². The Bertz CT molecular complexity index is 987. The van der Waals surface area contributed by atoms with Crippen LogP contribution in [0, 0.1) is 0 Å². The molecule has 1 aliphatic heterocycles. The van der Waals surface area contributed by atoms with Gasteiger partial charge in [0, 0.05) is 24.2 Å². The van der Waals surface area contributed by atoms with Gasteiger partial charge in [0.05, 0.1) is 10.6 Å². The molecular weight excluding hydrogens is 390 g/mol. The second-order valence-electron chi connectivity index (χ2n) is 5.70. The van der Waals surface area contributed by atoms with Crippen LogP contribution in [0.25, 0.3) is 0 Å². The lowest BCUT2D eigenvalue weighted by molar-refractivity contribution is -0.109. The van der Waals surface area contributed by atoms with E-state index in [2.05, 4.69) is 4.72 Å². The smallest absolute Gasteiger partial charge is 0.262 e. The average Bonchev–Trinajstić information content (AvgIpc) is 2.65. The molecule has 0 atom stereocenters. The molecule has 0 saturated heterocycles. The Hall–Kier alpha value is -2.52. The predicted molar refractivity (Wildman–Crippen MR) is 102 cm³/mol. The summed E-state index contributed by atoms with van der Waals surface area (Å²) in [6.45, 7) is 2.16. The van der Waals surface area contributed by atoms with Crippen LogP contribution in [0.3, 0.4) is 0 Å². The summed E-state index contributed by atoms with van der Waals surface area (Å²) in [5.41, 5.74) is 0.578. The first-order valence-corrected chi connectivity index (χ1v) is 10.5. The quantitative estimate of drug-likeness (QED) is 0.735. The number of hydrogen-bond donors (Lipinski definition) is 1. The minimum absolute atomic E-state index is 0.00764. The number of ketones is 1. The maximum Gasteiger partial charge on any atom is 0.262 e. The third-order valence-electron chi connectivity index (χ3n) is 3.67. The number of carbonyl (C=O) groups is 2. The Balaban J connectivity index is 1.79. The zero-order valence-electron chi connectivity index (χ0n) is 14.4. The van der Waals surface area contributed by atoms with Gasteiger partial charge < -0.3 is 9.47 Å². The number of nitrogens with one attached hydrogen (secondary N) is 1. The standard InChI is InChI=1S/C18H17NO6S2/c1-12(20)26-11-16(21)13-3-2-4-14(9-13)19-27(22,23)15-5-6-17-18(10-15)25-8-7-24-17/h2-6,9-10,19H,7-8,11H2,1H3. The number of carbonyl (C=O) groups excluding carboxylic acids is 2. The fourth-order valence-corrected chi connectivity index (χ4v) is 3.98. The van der Waals surface area contributed by atoms with Crippen LogP contribution in [0.1, 0.15) is 17.3 Å². The molecule has 0 fully saturated rings. The Morgan fingerprint density at radius 3 is 2.56 bits per heavy atom. The van der Waals surface area contributed by atoms with Crippen molar-refractivity contribution in [3.63, 3.8) is 0 Å². The molecule has 0 unspecified atom stereocenters. The third-order valence-corrected chi connectivity index (χ3v) is 5.86. The molecule has 9 heteroatoms. The molecule has 3 rings (SSSR count). The van der Waals surface area contributed by atoms with E-state index in [1.54, 1.807) is 24.3 Å². The van der Waals surface area contributed by atoms with Gasteiger partial charge in [0.1, 0.15) is 13.2 Å². The van der Waals surface area contributed by atoms with E-state index in [9.17, 15) is 18.0 Å². The number of Topliss-reactive ketones (excluding diaryl/α,β-unsaturated/α-hetero) is 1. The van der Waals surface area contributed by atoms with Gasteiger partial charge in [0.15, 0.2) is 22.4 Å². The van der Waals surface area contributed by atoms with Gasteiger partial charge in [0.25, 0.3) is 10.0 Å². The van der Waals surface area contributed by atoms with Crippen molar-refractivity contribution in [3.05, 3.63) is 48.0 Å². The van der Waals surface area contributed by atoms with Crippen LogP contribution in [0.4, 0.5) is 5.69 Å². The van der Waals surface area contributed by atoms with Crippen LogP contribution in [0.15, 0.2) is 47.4 Å². The van der Waals surface area contributed by atoms with Crippen LogP contribution in [-0.2, 0) is 14.8 Å². The molecular formula is C18H17NO6S2. The zero-order chi connectivity index (χ0) is 19.4. The SMILES string of the molecule is CC(=O)SCC(=O)c1cccc(NS(=O)(=O)c2ccc3c(c2)OCCO3)c1.